The topological polar surface area (TPSA) is 79.8 Å². The number of nitrogens with zero attached hydrogens (tertiary/aromatic N) is 1. The third-order valence-electron chi connectivity index (χ3n) is 3.94. The van der Waals surface area contributed by atoms with E-state index in [-0.39, 0.29) is 23.4 Å². The Morgan fingerprint density at radius 2 is 1.76 bits per heavy atom. The first-order valence-corrected chi connectivity index (χ1v) is 11.5. The maximum Gasteiger partial charge on any atom is 0.191 e. The number of para-hydroxylation sites is 1. The number of ether oxygens (including phenoxy) is 1. The summed E-state index contributed by atoms with van der Waals surface area (Å²) in [6.07, 6.45) is 0.960. The highest BCUT2D eigenvalue weighted by Crippen LogP contribution is 2.16. The fraction of sp³-hybridized carbons (Fsp3) is 0.381. The van der Waals surface area contributed by atoms with Gasteiger partial charge in [-0.25, -0.2) is 17.8 Å². The van der Waals surface area contributed by atoms with Crippen molar-refractivity contribution >= 4 is 15.8 Å². The Labute approximate surface area is 172 Å². The van der Waals surface area contributed by atoms with Gasteiger partial charge in [-0.3, -0.25) is 0 Å². The molecular weight excluding hydrogens is 393 g/mol. The van der Waals surface area contributed by atoms with E-state index >= 15 is 0 Å². The first-order valence-electron chi connectivity index (χ1n) is 9.45. The third kappa shape index (κ3) is 8.51. The van der Waals surface area contributed by atoms with Crippen molar-refractivity contribution in [1.29, 1.82) is 0 Å². The largest absolute Gasteiger partial charge is 0.486 e. The second kappa shape index (κ2) is 10.8. The molecular formula is C21H28FN3O3S. The smallest absolute Gasteiger partial charge is 0.191 e. The van der Waals surface area contributed by atoms with Crippen molar-refractivity contribution in [2.24, 2.45) is 4.99 Å². The van der Waals surface area contributed by atoms with Gasteiger partial charge in [0, 0.05) is 12.8 Å². The molecule has 0 aliphatic heterocycles. The molecule has 2 aromatic carbocycles. The molecule has 0 aliphatic rings. The van der Waals surface area contributed by atoms with Gasteiger partial charge in [0.2, 0.25) is 0 Å². The van der Waals surface area contributed by atoms with Gasteiger partial charge in [-0.15, -0.1) is 0 Å². The van der Waals surface area contributed by atoms with Crippen LogP contribution in [0.5, 0.6) is 5.75 Å². The molecule has 158 valence electrons. The number of rotatable bonds is 9. The SMILES string of the molecule is CCNC(=NCc1ccc(CS(C)(=O)=O)cc1)NCC(C)Oc1ccccc1F. The van der Waals surface area contributed by atoms with E-state index < -0.39 is 9.84 Å². The average Bonchev–Trinajstić information content (AvgIpc) is 2.66. The summed E-state index contributed by atoms with van der Waals surface area (Å²) in [6.45, 7) is 5.41. The predicted octanol–water partition coefficient (Wildman–Crippen LogP) is 2.89. The van der Waals surface area contributed by atoms with Gasteiger partial charge in [-0.05, 0) is 37.1 Å². The molecule has 2 rings (SSSR count). The molecule has 0 spiro atoms. The number of aliphatic imine (C=N–C) groups is 1. The summed E-state index contributed by atoms with van der Waals surface area (Å²) >= 11 is 0. The van der Waals surface area contributed by atoms with Crippen molar-refractivity contribution in [1.82, 2.24) is 10.6 Å². The summed E-state index contributed by atoms with van der Waals surface area (Å²) in [5.41, 5.74) is 1.72. The molecule has 0 fully saturated rings. The first kappa shape index (κ1) is 22.7. The van der Waals surface area contributed by atoms with Crippen LogP contribution in [-0.2, 0) is 22.1 Å². The Morgan fingerprint density at radius 1 is 1.10 bits per heavy atom. The van der Waals surface area contributed by atoms with Crippen LogP contribution in [0, 0.1) is 5.82 Å². The van der Waals surface area contributed by atoms with Crippen LogP contribution in [0.2, 0.25) is 0 Å². The van der Waals surface area contributed by atoms with Crippen LogP contribution < -0.4 is 15.4 Å². The zero-order chi connectivity index (χ0) is 21.3. The van der Waals surface area contributed by atoms with E-state index in [4.69, 9.17) is 4.74 Å². The van der Waals surface area contributed by atoms with Gasteiger partial charge in [0.25, 0.3) is 0 Å². The van der Waals surface area contributed by atoms with E-state index in [1.165, 1.54) is 12.3 Å². The molecule has 29 heavy (non-hydrogen) atoms. The van der Waals surface area contributed by atoms with Crippen molar-refractivity contribution < 1.29 is 17.5 Å². The lowest BCUT2D eigenvalue weighted by atomic mass is 10.1. The minimum atomic E-state index is -3.05. The van der Waals surface area contributed by atoms with Crippen LogP contribution in [0.1, 0.15) is 25.0 Å². The monoisotopic (exact) mass is 421 g/mol. The van der Waals surface area contributed by atoms with Crippen LogP contribution in [0.4, 0.5) is 4.39 Å². The van der Waals surface area contributed by atoms with E-state index in [9.17, 15) is 12.8 Å². The molecule has 2 N–H and O–H groups in total. The van der Waals surface area contributed by atoms with Crippen molar-refractivity contribution in [3.05, 3.63) is 65.5 Å². The van der Waals surface area contributed by atoms with E-state index in [0.29, 0.717) is 25.6 Å². The molecule has 0 heterocycles. The maximum atomic E-state index is 13.7. The molecule has 8 heteroatoms. The number of benzene rings is 2. The number of halogens is 1. The van der Waals surface area contributed by atoms with E-state index in [2.05, 4.69) is 15.6 Å². The number of guanidine groups is 1. The lowest BCUT2D eigenvalue weighted by Gasteiger charge is -2.18. The summed E-state index contributed by atoms with van der Waals surface area (Å²) in [5.74, 6) is 0.481. The Kier molecular flexibility index (Phi) is 8.45. The number of hydrogen-bond acceptors (Lipinski definition) is 4. The lowest BCUT2D eigenvalue weighted by molar-refractivity contribution is 0.214. The average molecular weight is 422 g/mol. The van der Waals surface area contributed by atoms with E-state index in [1.54, 1.807) is 30.3 Å². The van der Waals surface area contributed by atoms with Crippen molar-refractivity contribution in [2.75, 3.05) is 19.3 Å². The first-order chi connectivity index (χ1) is 13.8. The molecule has 0 aliphatic carbocycles. The Morgan fingerprint density at radius 3 is 2.38 bits per heavy atom. The zero-order valence-corrected chi connectivity index (χ0v) is 17.8. The molecule has 0 saturated carbocycles. The van der Waals surface area contributed by atoms with E-state index in [0.717, 1.165) is 11.1 Å². The summed E-state index contributed by atoms with van der Waals surface area (Å²) in [4.78, 5) is 4.53. The van der Waals surface area contributed by atoms with Crippen LogP contribution in [-0.4, -0.2) is 39.8 Å². The molecule has 0 amide bonds. The van der Waals surface area contributed by atoms with Crippen molar-refractivity contribution in [2.45, 2.75) is 32.2 Å². The number of sulfone groups is 1. The van der Waals surface area contributed by atoms with Gasteiger partial charge >= 0.3 is 0 Å². The van der Waals surface area contributed by atoms with E-state index in [1.807, 2.05) is 26.0 Å². The molecule has 6 nitrogen and oxygen atoms in total. The molecule has 0 aromatic heterocycles. The summed E-state index contributed by atoms with van der Waals surface area (Å²) in [5, 5.41) is 6.34. The number of hydrogen-bond donors (Lipinski definition) is 2. The normalized spacial score (nSPS) is 13.0. The Balaban J connectivity index is 1.91. The predicted molar refractivity (Wildman–Crippen MR) is 114 cm³/mol. The summed E-state index contributed by atoms with van der Waals surface area (Å²) in [7, 11) is -3.05. The van der Waals surface area contributed by atoms with Crippen LogP contribution >= 0.6 is 0 Å². The van der Waals surface area contributed by atoms with Gasteiger partial charge in [0.05, 0.1) is 18.8 Å². The second-order valence-corrected chi connectivity index (χ2v) is 8.96. The van der Waals surface area contributed by atoms with Gasteiger partial charge in [-0.1, -0.05) is 36.4 Å². The molecule has 2 aromatic rings. The Bertz CT molecular complexity index is 915. The van der Waals surface area contributed by atoms with Crippen molar-refractivity contribution in [3.63, 3.8) is 0 Å². The fourth-order valence-electron chi connectivity index (χ4n) is 2.59. The molecule has 1 atom stereocenters. The highest BCUT2D eigenvalue weighted by molar-refractivity contribution is 7.89. The zero-order valence-electron chi connectivity index (χ0n) is 17.0. The highest BCUT2D eigenvalue weighted by atomic mass is 32.2. The Hall–Kier alpha value is -2.61. The standard InChI is InChI=1S/C21H28FN3O3S/c1-4-23-21(24-13-16(2)28-20-8-6-5-7-19(20)22)25-14-17-9-11-18(12-10-17)15-29(3,26)27/h5-12,16H,4,13-15H2,1-3H3,(H2,23,24,25). The fourth-order valence-corrected chi connectivity index (χ4v) is 3.39. The minimum absolute atomic E-state index is 0.0284. The molecule has 1 unspecified atom stereocenters. The van der Waals surface area contributed by atoms with Gasteiger partial charge in [-0.2, -0.15) is 0 Å². The third-order valence-corrected chi connectivity index (χ3v) is 4.80. The van der Waals surface area contributed by atoms with Gasteiger partial charge < -0.3 is 15.4 Å². The quantitative estimate of drug-likeness (QED) is 0.481. The molecule has 0 bridgehead atoms. The van der Waals surface area contributed by atoms with Crippen LogP contribution in [0.15, 0.2) is 53.5 Å². The second-order valence-electron chi connectivity index (χ2n) is 6.82. The lowest BCUT2D eigenvalue weighted by Crippen LogP contribution is -2.41. The van der Waals surface area contributed by atoms with Crippen LogP contribution in [0.3, 0.4) is 0 Å². The minimum Gasteiger partial charge on any atom is -0.486 e. The highest BCUT2D eigenvalue weighted by Gasteiger charge is 2.09. The van der Waals surface area contributed by atoms with Gasteiger partial charge in [0.15, 0.2) is 27.4 Å². The van der Waals surface area contributed by atoms with Gasteiger partial charge in [0.1, 0.15) is 6.10 Å². The van der Waals surface area contributed by atoms with Crippen LogP contribution in [0.25, 0.3) is 0 Å². The summed E-state index contributed by atoms with van der Waals surface area (Å²) in [6, 6.07) is 13.7. The molecule has 0 saturated heterocycles. The summed E-state index contributed by atoms with van der Waals surface area (Å²) < 4.78 is 42.0. The number of nitrogens with one attached hydrogen (secondary N) is 2. The molecule has 0 radical (unpaired) electrons. The maximum absolute atomic E-state index is 13.7. The van der Waals surface area contributed by atoms with Crippen molar-refractivity contribution in [3.8, 4) is 5.75 Å².